The molecule has 0 N–H and O–H groups in total. The summed E-state index contributed by atoms with van der Waals surface area (Å²) in [5.74, 6) is 1.09. The average Bonchev–Trinajstić information content (AvgIpc) is 3.29. The van der Waals surface area contributed by atoms with Gasteiger partial charge in [-0.3, -0.25) is 19.8 Å². The zero-order chi connectivity index (χ0) is 24.2. The van der Waals surface area contributed by atoms with Crippen LogP contribution in [0.4, 0.5) is 5.69 Å². The Bertz CT molecular complexity index is 1210. The van der Waals surface area contributed by atoms with Crippen molar-refractivity contribution in [3.05, 3.63) is 91.3 Å². The molecule has 1 aliphatic heterocycles. The Hall–Kier alpha value is -3.07. The summed E-state index contributed by atoms with van der Waals surface area (Å²) in [5.41, 5.74) is 1.62. The maximum absolute atomic E-state index is 12.9. The first kappa shape index (κ1) is 24.1. The fourth-order valence-electron chi connectivity index (χ4n) is 3.81. The molecule has 1 aromatic heterocycles. The normalized spacial score (nSPS) is 14.3. The molecule has 0 aliphatic carbocycles. The lowest BCUT2D eigenvalue weighted by Crippen LogP contribution is -2.48. The number of hydrogen-bond acceptors (Lipinski definition) is 6. The topological polar surface area (TPSA) is 89.1 Å². The van der Waals surface area contributed by atoms with Gasteiger partial charge in [0.05, 0.1) is 15.0 Å². The van der Waals surface area contributed by atoms with Crippen LogP contribution in [0.15, 0.2) is 52.9 Å². The fourth-order valence-corrected chi connectivity index (χ4v) is 4.13. The maximum atomic E-state index is 12.9. The molecule has 4 rings (SSSR count). The van der Waals surface area contributed by atoms with Crippen molar-refractivity contribution in [1.82, 2.24) is 9.80 Å². The van der Waals surface area contributed by atoms with E-state index >= 15 is 0 Å². The number of aryl methyl sites for hydroxylation is 1. The zero-order valence-corrected chi connectivity index (χ0v) is 20.0. The molecule has 0 atom stereocenters. The number of nitro benzene ring substituents is 1. The first-order valence-corrected chi connectivity index (χ1v) is 11.5. The summed E-state index contributed by atoms with van der Waals surface area (Å²) < 4.78 is 11.4. The van der Waals surface area contributed by atoms with Crippen LogP contribution in [-0.2, 0) is 13.2 Å². The number of ether oxygens (including phenoxy) is 1. The van der Waals surface area contributed by atoms with Gasteiger partial charge in [0.1, 0.15) is 18.1 Å². The van der Waals surface area contributed by atoms with Gasteiger partial charge in [0.25, 0.3) is 11.6 Å². The van der Waals surface area contributed by atoms with Gasteiger partial charge in [-0.2, -0.15) is 0 Å². The smallest absolute Gasteiger partial charge is 0.289 e. The molecule has 2 aromatic carbocycles. The second-order valence-corrected chi connectivity index (χ2v) is 8.89. The molecule has 178 valence electrons. The number of amides is 1. The highest BCUT2D eigenvalue weighted by Crippen LogP contribution is 2.25. The summed E-state index contributed by atoms with van der Waals surface area (Å²) >= 11 is 12.1. The molecule has 1 saturated heterocycles. The Morgan fingerprint density at radius 2 is 1.82 bits per heavy atom. The van der Waals surface area contributed by atoms with Crippen LogP contribution < -0.4 is 4.74 Å². The van der Waals surface area contributed by atoms with Gasteiger partial charge in [0.15, 0.2) is 5.76 Å². The average molecular weight is 504 g/mol. The van der Waals surface area contributed by atoms with E-state index in [-0.39, 0.29) is 24.0 Å². The third-order valence-corrected chi connectivity index (χ3v) is 6.41. The molecule has 0 unspecified atom stereocenters. The second-order valence-electron chi connectivity index (χ2n) is 8.08. The van der Waals surface area contributed by atoms with Gasteiger partial charge in [-0.25, -0.2) is 0 Å². The van der Waals surface area contributed by atoms with Crippen LogP contribution in [0.25, 0.3) is 0 Å². The number of benzene rings is 2. The molecule has 1 aliphatic rings. The Morgan fingerprint density at radius 1 is 1.06 bits per heavy atom. The lowest BCUT2D eigenvalue weighted by Gasteiger charge is -2.34. The Kier molecular flexibility index (Phi) is 7.41. The molecule has 3 aromatic rings. The van der Waals surface area contributed by atoms with Gasteiger partial charge >= 0.3 is 0 Å². The van der Waals surface area contributed by atoms with Crippen molar-refractivity contribution >= 4 is 34.8 Å². The van der Waals surface area contributed by atoms with E-state index in [4.69, 9.17) is 32.4 Å². The zero-order valence-electron chi connectivity index (χ0n) is 18.5. The first-order chi connectivity index (χ1) is 16.3. The highest BCUT2D eigenvalue weighted by atomic mass is 35.5. The van der Waals surface area contributed by atoms with Crippen molar-refractivity contribution in [2.75, 3.05) is 26.2 Å². The minimum Gasteiger partial charge on any atom is -0.486 e. The van der Waals surface area contributed by atoms with Gasteiger partial charge in [-0.05, 0) is 48.9 Å². The number of rotatable bonds is 7. The minimum atomic E-state index is -0.434. The van der Waals surface area contributed by atoms with Crippen molar-refractivity contribution in [3.8, 4) is 5.75 Å². The van der Waals surface area contributed by atoms with Crippen molar-refractivity contribution in [1.29, 1.82) is 0 Å². The lowest BCUT2D eigenvalue weighted by molar-refractivity contribution is -0.385. The Balaban J connectivity index is 1.28. The minimum absolute atomic E-state index is 0.0373. The third kappa shape index (κ3) is 5.70. The number of carbonyl (C=O) groups is 1. The SMILES string of the molecule is Cc1cc(OCc2ccc(C(=O)N3CCN(Cc4ccc(Cl)c(Cl)c4)CC3)o2)ccc1[N+](=O)[O-]. The predicted octanol–water partition coefficient (Wildman–Crippen LogP) is 5.34. The monoisotopic (exact) mass is 503 g/mol. The van der Waals surface area contributed by atoms with Crippen LogP contribution in [0.1, 0.15) is 27.4 Å². The van der Waals surface area contributed by atoms with Crippen LogP contribution >= 0.6 is 23.2 Å². The molecule has 1 fully saturated rings. The molecule has 34 heavy (non-hydrogen) atoms. The molecule has 0 spiro atoms. The number of nitro groups is 1. The van der Waals surface area contributed by atoms with E-state index in [1.807, 2.05) is 12.1 Å². The van der Waals surface area contributed by atoms with Gasteiger partial charge in [-0.15, -0.1) is 0 Å². The van der Waals surface area contributed by atoms with Crippen LogP contribution in [-0.4, -0.2) is 46.8 Å². The summed E-state index contributed by atoms with van der Waals surface area (Å²) in [7, 11) is 0. The molecule has 0 bridgehead atoms. The first-order valence-electron chi connectivity index (χ1n) is 10.7. The van der Waals surface area contributed by atoms with Gasteiger partial charge in [-0.1, -0.05) is 29.3 Å². The highest BCUT2D eigenvalue weighted by molar-refractivity contribution is 6.42. The second kappa shape index (κ2) is 10.5. The van der Waals surface area contributed by atoms with Gasteiger partial charge < -0.3 is 14.1 Å². The summed E-state index contributed by atoms with van der Waals surface area (Å²) in [4.78, 5) is 27.4. The van der Waals surface area contributed by atoms with Gasteiger partial charge in [0, 0.05) is 44.4 Å². The van der Waals surface area contributed by atoms with E-state index in [1.165, 1.54) is 12.1 Å². The summed E-state index contributed by atoms with van der Waals surface area (Å²) in [6.07, 6.45) is 0. The van der Waals surface area contributed by atoms with Crippen molar-refractivity contribution in [2.24, 2.45) is 0 Å². The van der Waals surface area contributed by atoms with Crippen molar-refractivity contribution in [3.63, 3.8) is 0 Å². The molecule has 2 heterocycles. The number of furan rings is 1. The number of nitrogens with zero attached hydrogens (tertiary/aromatic N) is 3. The molecule has 1 amide bonds. The lowest BCUT2D eigenvalue weighted by atomic mass is 10.2. The Labute approximate surface area is 206 Å². The molecule has 8 nitrogen and oxygen atoms in total. The van der Waals surface area contributed by atoms with E-state index in [0.717, 1.165) is 25.2 Å². The quantitative estimate of drug-likeness (QED) is 0.319. The fraction of sp³-hybridized carbons (Fsp3) is 0.292. The van der Waals surface area contributed by atoms with E-state index in [1.54, 1.807) is 36.1 Å². The number of halogens is 2. The summed E-state index contributed by atoms with van der Waals surface area (Å²) in [6.45, 7) is 5.16. The summed E-state index contributed by atoms with van der Waals surface area (Å²) in [5, 5.41) is 12.0. The third-order valence-electron chi connectivity index (χ3n) is 5.67. The number of piperazine rings is 1. The standard InChI is InChI=1S/C24H23Cl2N3O5/c1-16-12-18(3-6-22(16)29(31)32)33-15-19-4-7-23(34-19)24(30)28-10-8-27(9-11-28)14-17-2-5-20(25)21(26)13-17/h2-7,12-13H,8-11,14-15H2,1H3. The molecule has 0 saturated carbocycles. The maximum Gasteiger partial charge on any atom is 0.289 e. The number of hydrogen-bond donors (Lipinski definition) is 0. The van der Waals surface area contributed by atoms with Gasteiger partial charge in [0.2, 0.25) is 0 Å². The summed E-state index contributed by atoms with van der Waals surface area (Å²) in [6, 6.07) is 13.5. The van der Waals surface area contributed by atoms with Crippen LogP contribution in [0.3, 0.4) is 0 Å². The highest BCUT2D eigenvalue weighted by Gasteiger charge is 2.24. The van der Waals surface area contributed by atoms with E-state index in [2.05, 4.69) is 4.90 Å². The molecule has 10 heteroatoms. The van der Waals surface area contributed by atoms with E-state index in [0.29, 0.717) is 40.2 Å². The van der Waals surface area contributed by atoms with Crippen molar-refractivity contribution < 1.29 is 18.9 Å². The Morgan fingerprint density at radius 3 is 2.50 bits per heavy atom. The molecular weight excluding hydrogens is 481 g/mol. The largest absolute Gasteiger partial charge is 0.486 e. The van der Waals surface area contributed by atoms with Crippen molar-refractivity contribution in [2.45, 2.75) is 20.1 Å². The van der Waals surface area contributed by atoms with Crippen LogP contribution in [0, 0.1) is 17.0 Å². The van der Waals surface area contributed by atoms with E-state index in [9.17, 15) is 14.9 Å². The van der Waals surface area contributed by atoms with E-state index < -0.39 is 4.92 Å². The molecule has 0 radical (unpaired) electrons. The van der Waals surface area contributed by atoms with Crippen LogP contribution in [0.5, 0.6) is 5.75 Å². The molecular formula is C24H23Cl2N3O5. The predicted molar refractivity (Wildman–Crippen MR) is 129 cm³/mol. The van der Waals surface area contributed by atoms with Crippen LogP contribution in [0.2, 0.25) is 10.0 Å². The number of carbonyl (C=O) groups excluding carboxylic acids is 1.